The van der Waals surface area contributed by atoms with E-state index in [0.717, 1.165) is 0 Å². The lowest BCUT2D eigenvalue weighted by atomic mass is 9.44. The Hall–Kier alpha value is -2.60. The minimum atomic E-state index is -0.283. The van der Waals surface area contributed by atoms with Crippen LogP contribution in [0.3, 0.4) is 0 Å². The maximum atomic E-state index is 2.55. The van der Waals surface area contributed by atoms with Gasteiger partial charge in [-0.15, -0.1) is 0 Å². The Morgan fingerprint density at radius 1 is 0.516 bits per heavy atom. The highest BCUT2D eigenvalue weighted by Gasteiger charge is 2.62. The highest BCUT2D eigenvalue weighted by molar-refractivity contribution is 5.62. The molecule has 0 bridgehead atoms. The molecule has 2 aromatic rings. The Morgan fingerprint density at radius 3 is 1.10 bits per heavy atom. The number of hydrogen-bond acceptors (Lipinski definition) is 0. The quantitative estimate of drug-likeness (QED) is 0.475. The van der Waals surface area contributed by atoms with Crippen molar-refractivity contribution >= 4 is 0 Å². The van der Waals surface area contributed by atoms with E-state index in [9.17, 15) is 0 Å². The highest BCUT2D eigenvalue weighted by atomic mass is 14.6. The molecule has 4 rings (SSSR count). The Balaban J connectivity index is 2.25. The van der Waals surface area contributed by atoms with E-state index in [-0.39, 0.29) is 16.2 Å². The summed E-state index contributed by atoms with van der Waals surface area (Å²) in [6.45, 7) is 18.8. The van der Waals surface area contributed by atoms with E-state index >= 15 is 0 Å². The van der Waals surface area contributed by atoms with Crippen molar-refractivity contribution in [3.05, 3.63) is 117 Å². The summed E-state index contributed by atoms with van der Waals surface area (Å²) in [6, 6.07) is 22.5. The second kappa shape index (κ2) is 7.23. The maximum Gasteiger partial charge on any atom is 0.0453 e. The minimum Gasteiger partial charge on any atom is -0.0701 e. The Kier molecular flexibility index (Phi) is 5.04. The third-order valence-electron chi connectivity index (χ3n) is 8.85. The first kappa shape index (κ1) is 21.6. The molecule has 0 N–H and O–H groups in total. The van der Waals surface area contributed by atoms with Crippen LogP contribution in [0.5, 0.6) is 0 Å². The van der Waals surface area contributed by atoms with Crippen molar-refractivity contribution in [2.75, 3.05) is 0 Å². The van der Waals surface area contributed by atoms with Gasteiger partial charge in [0.1, 0.15) is 0 Å². The van der Waals surface area contributed by atoms with E-state index in [1.54, 1.807) is 0 Å². The molecule has 2 aliphatic rings. The van der Waals surface area contributed by atoms with Gasteiger partial charge in [-0.05, 0) is 63.8 Å². The number of rotatable bonds is 4. The molecule has 160 valence electrons. The summed E-state index contributed by atoms with van der Waals surface area (Å²) in [5.41, 5.74) is 10.7. The van der Waals surface area contributed by atoms with Gasteiger partial charge in [0.2, 0.25) is 0 Å². The lowest BCUT2D eigenvalue weighted by molar-refractivity contribution is 0.170. The first-order chi connectivity index (χ1) is 14.6. The summed E-state index contributed by atoms with van der Waals surface area (Å²) in [4.78, 5) is 0. The second-order valence-corrected chi connectivity index (χ2v) is 10.0. The van der Waals surface area contributed by atoms with Crippen LogP contribution in [0.25, 0.3) is 0 Å². The van der Waals surface area contributed by atoms with E-state index in [0.29, 0.717) is 0 Å². The molecule has 0 saturated carbocycles. The van der Waals surface area contributed by atoms with Crippen LogP contribution in [0, 0.1) is 10.8 Å². The second-order valence-electron chi connectivity index (χ2n) is 10.0. The summed E-state index contributed by atoms with van der Waals surface area (Å²) in [7, 11) is 0. The Labute approximate surface area is 189 Å². The lowest BCUT2D eigenvalue weighted by Gasteiger charge is -2.57. The number of hydrogen-bond donors (Lipinski definition) is 0. The Morgan fingerprint density at radius 2 is 0.839 bits per heavy atom. The molecular weight excluding hydrogens is 372 g/mol. The van der Waals surface area contributed by atoms with Gasteiger partial charge in [-0.1, -0.05) is 109 Å². The van der Waals surface area contributed by atoms with E-state index in [2.05, 4.69) is 128 Å². The minimum absolute atomic E-state index is 0.165. The molecule has 2 aliphatic carbocycles. The van der Waals surface area contributed by atoms with Crippen LogP contribution in [0.15, 0.2) is 106 Å². The smallest absolute Gasteiger partial charge is 0.0453 e. The zero-order valence-electron chi connectivity index (χ0n) is 20.4. The van der Waals surface area contributed by atoms with Crippen molar-refractivity contribution in [1.82, 2.24) is 0 Å². The zero-order valence-corrected chi connectivity index (χ0v) is 20.4. The van der Waals surface area contributed by atoms with Gasteiger partial charge >= 0.3 is 0 Å². The van der Waals surface area contributed by atoms with Gasteiger partial charge in [0, 0.05) is 16.2 Å². The molecule has 2 aromatic carbocycles. The Bertz CT molecular complexity index is 1040. The molecule has 31 heavy (non-hydrogen) atoms. The molecule has 0 radical (unpaired) electrons. The summed E-state index contributed by atoms with van der Waals surface area (Å²) in [5, 5.41) is 0. The van der Waals surface area contributed by atoms with Gasteiger partial charge in [-0.3, -0.25) is 0 Å². The molecule has 2 atom stereocenters. The van der Waals surface area contributed by atoms with Crippen molar-refractivity contribution in [3.8, 4) is 0 Å². The van der Waals surface area contributed by atoms with Crippen molar-refractivity contribution in [2.24, 2.45) is 10.8 Å². The summed E-state index contributed by atoms with van der Waals surface area (Å²) >= 11 is 0. The molecule has 0 heterocycles. The van der Waals surface area contributed by atoms with Crippen LogP contribution in [0.4, 0.5) is 0 Å². The molecule has 0 amide bonds. The molecule has 0 fully saturated rings. The van der Waals surface area contributed by atoms with Crippen LogP contribution < -0.4 is 0 Å². The van der Waals surface area contributed by atoms with Crippen LogP contribution in [-0.2, 0) is 5.41 Å². The van der Waals surface area contributed by atoms with Crippen LogP contribution in [0.1, 0.15) is 66.5 Å². The van der Waals surface area contributed by atoms with Crippen LogP contribution >= 0.6 is 0 Å². The van der Waals surface area contributed by atoms with Gasteiger partial charge in [-0.25, -0.2) is 0 Å². The van der Waals surface area contributed by atoms with E-state index in [1.807, 2.05) is 0 Å². The molecule has 2 unspecified atom stereocenters. The van der Waals surface area contributed by atoms with Crippen molar-refractivity contribution in [3.63, 3.8) is 0 Å². The molecule has 0 heteroatoms. The maximum absolute atomic E-state index is 2.55. The van der Waals surface area contributed by atoms with E-state index in [1.165, 1.54) is 44.6 Å². The fraction of sp³-hybridized carbons (Fsp3) is 0.355. The van der Waals surface area contributed by atoms with Crippen molar-refractivity contribution in [2.45, 2.75) is 60.8 Å². The third kappa shape index (κ3) is 2.67. The molecule has 0 nitrogen and oxygen atoms in total. The van der Waals surface area contributed by atoms with Crippen LogP contribution in [0.2, 0.25) is 0 Å². The van der Waals surface area contributed by atoms with Gasteiger partial charge in [0.25, 0.3) is 0 Å². The molecule has 0 aromatic heterocycles. The third-order valence-corrected chi connectivity index (χ3v) is 8.85. The molecule has 0 spiro atoms. The summed E-state index contributed by atoms with van der Waals surface area (Å²) in [5.74, 6) is 0. The highest BCUT2D eigenvalue weighted by Crippen LogP contribution is 2.67. The predicted molar refractivity (Wildman–Crippen MR) is 134 cm³/mol. The first-order valence-corrected chi connectivity index (χ1v) is 11.5. The fourth-order valence-electron chi connectivity index (χ4n) is 6.73. The van der Waals surface area contributed by atoms with Gasteiger partial charge in [0.15, 0.2) is 0 Å². The number of benzene rings is 2. The average molecular weight is 409 g/mol. The topological polar surface area (TPSA) is 0 Å². The summed E-state index contributed by atoms with van der Waals surface area (Å²) in [6.07, 6.45) is 5.10. The normalized spacial score (nSPS) is 26.5. The van der Waals surface area contributed by atoms with Crippen LogP contribution in [-0.4, -0.2) is 0 Å². The fourth-order valence-corrected chi connectivity index (χ4v) is 6.73. The monoisotopic (exact) mass is 408 g/mol. The largest absolute Gasteiger partial charge is 0.0701 e. The van der Waals surface area contributed by atoms with Gasteiger partial charge in [-0.2, -0.15) is 0 Å². The van der Waals surface area contributed by atoms with Gasteiger partial charge < -0.3 is 0 Å². The number of allylic oxidation sites excluding steroid dienone is 8. The van der Waals surface area contributed by atoms with Gasteiger partial charge in [0.05, 0.1) is 0 Å². The van der Waals surface area contributed by atoms with E-state index in [4.69, 9.17) is 0 Å². The molecule has 0 saturated heterocycles. The van der Waals surface area contributed by atoms with E-state index < -0.39 is 0 Å². The molecule has 0 aliphatic heterocycles. The standard InChI is InChI=1S/C31H36/c1-21-19-29(7,25(5)23(21)3)31(27-15-11-9-12-16-27,28-17-13-10-14-18-28)30(8)20-22(2)24(4)26(30)6/h9-20H,1-8H3. The van der Waals surface area contributed by atoms with Crippen molar-refractivity contribution in [1.29, 1.82) is 0 Å². The average Bonchev–Trinajstić information content (AvgIpc) is 3.09. The van der Waals surface area contributed by atoms with Crippen molar-refractivity contribution < 1.29 is 0 Å². The predicted octanol–water partition coefficient (Wildman–Crippen LogP) is 8.58. The SMILES string of the molecule is CC1=CC(C)(C(c2ccccc2)(c2ccccc2)C2(C)C=C(C)C(C)=C2C)C(C)=C1C. The summed E-state index contributed by atoms with van der Waals surface area (Å²) < 4.78 is 0. The molecular formula is C31H36. The zero-order chi connectivity index (χ0) is 22.6. The lowest BCUT2D eigenvalue weighted by Crippen LogP contribution is -2.55. The first-order valence-electron chi connectivity index (χ1n) is 11.5.